The molecule has 8 heteroatoms. The molecule has 6 nitrogen and oxygen atoms in total. The Balaban J connectivity index is 2.00. The minimum Gasteiger partial charge on any atom is -0.343 e. The minimum absolute atomic E-state index is 0.287. The van der Waals surface area contributed by atoms with E-state index < -0.39 is 24.3 Å². The molecular weight excluding hydrogens is 383 g/mol. The molecule has 2 atom stereocenters. The number of hydrogen-bond acceptors (Lipinski definition) is 3. The first-order chi connectivity index (χ1) is 12.9. The van der Waals surface area contributed by atoms with Gasteiger partial charge in [0.2, 0.25) is 8.03 Å². The SMILES string of the molecule is CC(NS(=O)(=O)N1CCCCC1)c1c(-c2ccccc2)cccc1[PH](=O)O. The number of hydrogen-bond donors (Lipinski definition) is 2. The maximum Gasteiger partial charge on any atom is 0.279 e. The molecule has 0 saturated carbocycles. The van der Waals surface area contributed by atoms with Gasteiger partial charge < -0.3 is 4.89 Å². The maximum atomic E-state index is 12.8. The first-order valence-electron chi connectivity index (χ1n) is 9.09. The molecule has 0 spiro atoms. The van der Waals surface area contributed by atoms with Crippen molar-refractivity contribution in [3.8, 4) is 11.1 Å². The molecule has 146 valence electrons. The van der Waals surface area contributed by atoms with Gasteiger partial charge in [-0.1, -0.05) is 48.9 Å². The van der Waals surface area contributed by atoms with Crippen LogP contribution in [0.15, 0.2) is 48.5 Å². The smallest absolute Gasteiger partial charge is 0.279 e. The Kier molecular flexibility index (Phi) is 6.50. The molecule has 0 aliphatic carbocycles. The summed E-state index contributed by atoms with van der Waals surface area (Å²) in [4.78, 5) is 9.83. The van der Waals surface area contributed by atoms with Gasteiger partial charge in [-0.25, -0.2) is 0 Å². The molecule has 1 aliphatic rings. The van der Waals surface area contributed by atoms with E-state index in [1.807, 2.05) is 36.4 Å². The maximum absolute atomic E-state index is 12.8. The number of piperidine rings is 1. The molecule has 27 heavy (non-hydrogen) atoms. The molecule has 0 bridgehead atoms. The van der Waals surface area contributed by atoms with Crippen molar-refractivity contribution in [1.82, 2.24) is 9.03 Å². The van der Waals surface area contributed by atoms with Gasteiger partial charge >= 0.3 is 0 Å². The van der Waals surface area contributed by atoms with Crippen molar-refractivity contribution in [3.63, 3.8) is 0 Å². The predicted molar refractivity (Wildman–Crippen MR) is 109 cm³/mol. The Bertz CT molecular complexity index is 913. The highest BCUT2D eigenvalue weighted by atomic mass is 32.2. The lowest BCUT2D eigenvalue weighted by Gasteiger charge is -2.28. The van der Waals surface area contributed by atoms with E-state index in [9.17, 15) is 17.9 Å². The highest BCUT2D eigenvalue weighted by molar-refractivity contribution is 7.87. The highest BCUT2D eigenvalue weighted by Gasteiger charge is 2.28. The van der Waals surface area contributed by atoms with Gasteiger partial charge in [0.15, 0.2) is 0 Å². The summed E-state index contributed by atoms with van der Waals surface area (Å²) in [5, 5.41) is 0.287. The Morgan fingerprint density at radius 1 is 1.04 bits per heavy atom. The zero-order valence-electron chi connectivity index (χ0n) is 15.3. The van der Waals surface area contributed by atoms with E-state index in [1.165, 1.54) is 4.31 Å². The van der Waals surface area contributed by atoms with Crippen LogP contribution >= 0.6 is 8.03 Å². The third-order valence-corrected chi connectivity index (χ3v) is 7.43. The quantitative estimate of drug-likeness (QED) is 0.720. The third-order valence-electron chi connectivity index (χ3n) is 4.83. The van der Waals surface area contributed by atoms with E-state index in [2.05, 4.69) is 4.72 Å². The summed E-state index contributed by atoms with van der Waals surface area (Å²) < 4.78 is 41.7. The molecule has 0 amide bonds. The zero-order valence-corrected chi connectivity index (χ0v) is 17.1. The fourth-order valence-electron chi connectivity index (χ4n) is 3.55. The molecule has 0 radical (unpaired) electrons. The van der Waals surface area contributed by atoms with Crippen LogP contribution in [-0.2, 0) is 14.8 Å². The lowest BCUT2D eigenvalue weighted by atomic mass is 9.96. The van der Waals surface area contributed by atoms with Gasteiger partial charge in [0.25, 0.3) is 10.2 Å². The monoisotopic (exact) mass is 408 g/mol. The van der Waals surface area contributed by atoms with Crippen molar-refractivity contribution in [1.29, 1.82) is 0 Å². The van der Waals surface area contributed by atoms with Crippen LogP contribution in [0.25, 0.3) is 11.1 Å². The van der Waals surface area contributed by atoms with Gasteiger partial charge in [-0.05, 0) is 42.5 Å². The number of nitrogens with zero attached hydrogens (tertiary/aromatic N) is 1. The zero-order chi connectivity index (χ0) is 19.4. The van der Waals surface area contributed by atoms with Crippen LogP contribution in [0.5, 0.6) is 0 Å². The summed E-state index contributed by atoms with van der Waals surface area (Å²) >= 11 is 0. The van der Waals surface area contributed by atoms with Gasteiger partial charge in [-0.15, -0.1) is 0 Å². The Hall–Kier alpha value is -1.50. The summed E-state index contributed by atoms with van der Waals surface area (Å²) in [7, 11) is -6.65. The molecule has 1 aliphatic heterocycles. The summed E-state index contributed by atoms with van der Waals surface area (Å²) in [5.41, 5.74) is 2.19. The van der Waals surface area contributed by atoms with Crippen molar-refractivity contribution >= 4 is 23.5 Å². The topological polar surface area (TPSA) is 86.7 Å². The molecule has 3 rings (SSSR count). The van der Waals surface area contributed by atoms with E-state index in [1.54, 1.807) is 19.1 Å². The van der Waals surface area contributed by atoms with Crippen molar-refractivity contribution in [3.05, 3.63) is 54.1 Å². The summed E-state index contributed by atoms with van der Waals surface area (Å²) in [6.45, 7) is 2.73. The fourth-order valence-corrected chi connectivity index (χ4v) is 5.82. The summed E-state index contributed by atoms with van der Waals surface area (Å²) in [5.74, 6) is 0. The normalized spacial score (nSPS) is 18.1. The second-order valence-electron chi connectivity index (χ2n) is 6.74. The number of benzene rings is 2. The van der Waals surface area contributed by atoms with Crippen molar-refractivity contribution in [2.45, 2.75) is 32.2 Å². The Morgan fingerprint density at radius 3 is 2.33 bits per heavy atom. The van der Waals surface area contributed by atoms with Crippen molar-refractivity contribution < 1.29 is 17.9 Å². The van der Waals surface area contributed by atoms with Gasteiger partial charge in [0.1, 0.15) is 0 Å². The molecule has 2 unspecified atom stereocenters. The molecule has 1 heterocycles. The van der Waals surface area contributed by atoms with Gasteiger partial charge in [0, 0.05) is 24.4 Å². The largest absolute Gasteiger partial charge is 0.343 e. The second kappa shape index (κ2) is 8.67. The molecule has 1 saturated heterocycles. The van der Waals surface area contributed by atoms with Crippen LogP contribution in [0, 0.1) is 0 Å². The molecule has 2 N–H and O–H groups in total. The third kappa shape index (κ3) is 4.68. The average molecular weight is 408 g/mol. The molecule has 2 aromatic rings. The number of nitrogens with one attached hydrogen (secondary N) is 1. The first kappa shape index (κ1) is 20.2. The predicted octanol–water partition coefficient (Wildman–Crippen LogP) is 2.83. The van der Waals surface area contributed by atoms with Crippen LogP contribution in [0.1, 0.15) is 37.8 Å². The van der Waals surface area contributed by atoms with Gasteiger partial charge in [-0.2, -0.15) is 17.4 Å². The summed E-state index contributed by atoms with van der Waals surface area (Å²) in [6.07, 6.45) is 2.74. The van der Waals surface area contributed by atoms with E-state index in [-0.39, 0.29) is 5.30 Å². The molecule has 1 fully saturated rings. The van der Waals surface area contributed by atoms with Crippen LogP contribution < -0.4 is 10.0 Å². The van der Waals surface area contributed by atoms with E-state index >= 15 is 0 Å². The second-order valence-corrected chi connectivity index (χ2v) is 9.59. The molecule has 2 aromatic carbocycles. The molecular formula is C19H25N2O4PS. The van der Waals surface area contributed by atoms with E-state index in [0.29, 0.717) is 18.7 Å². The fraction of sp³-hybridized carbons (Fsp3) is 0.368. The Labute approximate surface area is 161 Å². The minimum atomic E-state index is -3.66. The van der Waals surface area contributed by atoms with Gasteiger partial charge in [0.05, 0.1) is 0 Å². The van der Waals surface area contributed by atoms with Crippen LogP contribution in [-0.4, -0.2) is 30.7 Å². The number of rotatable bonds is 6. The van der Waals surface area contributed by atoms with Gasteiger partial charge in [-0.3, -0.25) is 4.57 Å². The molecule has 0 aromatic heterocycles. The lowest BCUT2D eigenvalue weighted by molar-refractivity contribution is 0.339. The van der Waals surface area contributed by atoms with Crippen LogP contribution in [0.4, 0.5) is 0 Å². The van der Waals surface area contributed by atoms with E-state index in [4.69, 9.17) is 0 Å². The standard InChI is InChI=1S/C19H25N2O4PS/c1-15(20-27(24,25)21-13-6-3-7-14-21)19-17(16-9-4-2-5-10-16)11-8-12-18(19)26(22)23/h2,4-5,8-12,15,20,26H,3,6-7,13-14H2,1H3,(H,22,23). The first-order valence-corrected chi connectivity index (χ1v) is 11.9. The van der Waals surface area contributed by atoms with Crippen molar-refractivity contribution in [2.75, 3.05) is 13.1 Å². The Morgan fingerprint density at radius 2 is 1.70 bits per heavy atom. The lowest BCUT2D eigenvalue weighted by Crippen LogP contribution is -2.44. The van der Waals surface area contributed by atoms with E-state index in [0.717, 1.165) is 30.4 Å². The summed E-state index contributed by atoms with van der Waals surface area (Å²) in [6, 6.07) is 14.0. The van der Waals surface area contributed by atoms with Crippen LogP contribution in [0.3, 0.4) is 0 Å². The highest BCUT2D eigenvalue weighted by Crippen LogP contribution is 2.32. The average Bonchev–Trinajstić information content (AvgIpc) is 2.68. The van der Waals surface area contributed by atoms with Crippen molar-refractivity contribution in [2.24, 2.45) is 0 Å². The van der Waals surface area contributed by atoms with Crippen LogP contribution in [0.2, 0.25) is 0 Å².